The van der Waals surface area contributed by atoms with Gasteiger partial charge in [-0.2, -0.15) is 4.65 Å². The van der Waals surface area contributed by atoms with Crippen LogP contribution in [0.3, 0.4) is 0 Å². The van der Waals surface area contributed by atoms with Gasteiger partial charge in [-0.3, -0.25) is 0 Å². The Balaban J connectivity index is 2.52. The van der Waals surface area contributed by atoms with E-state index in [0.717, 1.165) is 32.2 Å². The van der Waals surface area contributed by atoms with Crippen molar-refractivity contribution in [2.75, 3.05) is 13.1 Å². The van der Waals surface area contributed by atoms with Crippen molar-refractivity contribution in [2.45, 2.75) is 51.7 Å². The molecule has 0 aromatic carbocycles. The van der Waals surface area contributed by atoms with Crippen LogP contribution in [0.2, 0.25) is 0 Å². The highest BCUT2D eigenvalue weighted by Crippen LogP contribution is 2.27. The molecule has 3 heteroatoms. The van der Waals surface area contributed by atoms with Gasteiger partial charge >= 0.3 is 0 Å². The number of aliphatic hydroxyl groups excluding tert-OH is 1. The average molecular weight is 188 g/mol. The second kappa shape index (κ2) is 4.40. The first-order chi connectivity index (χ1) is 6.12. The maximum absolute atomic E-state index is 10.2. The van der Waals surface area contributed by atoms with Gasteiger partial charge in [0.05, 0.1) is 0 Å². The molecule has 0 radical (unpaired) electrons. The van der Waals surface area contributed by atoms with Gasteiger partial charge in [-0.15, -0.1) is 0 Å². The van der Waals surface area contributed by atoms with Crippen molar-refractivity contribution < 1.29 is 15.0 Å². The lowest BCUT2D eigenvalue weighted by Crippen LogP contribution is -2.52. The summed E-state index contributed by atoms with van der Waals surface area (Å²) in [7, 11) is 0. The van der Waals surface area contributed by atoms with E-state index in [-0.39, 0.29) is 10.8 Å². The standard InChI is InChI=1S/C10H22NO2/c1-3-9-6-5-7-11(9,13)8-10(12)4-2/h9-10,12-13H,3-8H2,1-2H3/q+1. The second-order valence-electron chi connectivity index (χ2n) is 4.16. The molecule has 1 aliphatic rings. The Morgan fingerprint density at radius 1 is 1.46 bits per heavy atom. The van der Waals surface area contributed by atoms with E-state index in [1.807, 2.05) is 6.92 Å². The SMILES string of the molecule is CCC(O)C[N+]1(O)CCCC1CC. The number of aliphatic hydroxyl groups is 1. The highest BCUT2D eigenvalue weighted by molar-refractivity contribution is 4.65. The number of hydrogen-bond donors (Lipinski definition) is 2. The van der Waals surface area contributed by atoms with Gasteiger partial charge in [0.15, 0.2) is 0 Å². The van der Waals surface area contributed by atoms with Crippen molar-refractivity contribution in [3.8, 4) is 0 Å². The zero-order chi connectivity index (χ0) is 9.90. The summed E-state index contributed by atoms with van der Waals surface area (Å²) in [5.74, 6) is 0. The molecule has 3 unspecified atom stereocenters. The Bertz CT molecular complexity index is 163. The third-order valence-electron chi connectivity index (χ3n) is 3.23. The van der Waals surface area contributed by atoms with Gasteiger partial charge in [0.25, 0.3) is 0 Å². The molecular formula is C10H22NO2+. The summed E-state index contributed by atoms with van der Waals surface area (Å²) in [6.07, 6.45) is 3.58. The second-order valence-corrected chi connectivity index (χ2v) is 4.16. The molecule has 0 aromatic rings. The minimum absolute atomic E-state index is 0.103. The van der Waals surface area contributed by atoms with Gasteiger partial charge < -0.3 is 5.11 Å². The molecule has 1 rings (SSSR count). The van der Waals surface area contributed by atoms with Gasteiger partial charge in [-0.05, 0) is 12.8 Å². The Kier molecular flexibility index (Phi) is 3.71. The zero-order valence-electron chi connectivity index (χ0n) is 8.74. The number of hydroxylamine groups is 3. The molecule has 0 aliphatic carbocycles. The van der Waals surface area contributed by atoms with Crippen molar-refractivity contribution in [1.82, 2.24) is 0 Å². The summed E-state index contributed by atoms with van der Waals surface area (Å²) in [6, 6.07) is 0.348. The molecule has 13 heavy (non-hydrogen) atoms. The summed E-state index contributed by atoms with van der Waals surface area (Å²) in [5.41, 5.74) is 0. The lowest BCUT2D eigenvalue weighted by Gasteiger charge is -2.32. The van der Waals surface area contributed by atoms with E-state index in [2.05, 4.69) is 6.92 Å². The number of quaternary nitrogens is 1. The van der Waals surface area contributed by atoms with Crippen LogP contribution in [0.15, 0.2) is 0 Å². The summed E-state index contributed by atoms with van der Waals surface area (Å²) in [4.78, 5) is 0. The van der Waals surface area contributed by atoms with Crippen LogP contribution in [0.5, 0.6) is 0 Å². The summed E-state index contributed by atoms with van der Waals surface area (Å²) in [5, 5.41) is 19.8. The maximum atomic E-state index is 10.2. The molecule has 0 saturated carbocycles. The van der Waals surface area contributed by atoms with Crippen molar-refractivity contribution >= 4 is 0 Å². The first-order valence-electron chi connectivity index (χ1n) is 5.40. The van der Waals surface area contributed by atoms with E-state index in [0.29, 0.717) is 12.6 Å². The molecule has 78 valence electrons. The highest BCUT2D eigenvalue weighted by Gasteiger charge is 2.41. The van der Waals surface area contributed by atoms with Crippen LogP contribution in [0.4, 0.5) is 0 Å². The minimum atomic E-state index is -0.350. The maximum Gasteiger partial charge on any atom is 0.135 e. The Morgan fingerprint density at radius 3 is 2.69 bits per heavy atom. The minimum Gasteiger partial charge on any atom is -0.387 e. The zero-order valence-corrected chi connectivity index (χ0v) is 8.74. The van der Waals surface area contributed by atoms with Crippen LogP contribution in [0, 0.1) is 0 Å². The van der Waals surface area contributed by atoms with Gasteiger partial charge in [0.2, 0.25) is 0 Å². The fourth-order valence-electron chi connectivity index (χ4n) is 2.30. The van der Waals surface area contributed by atoms with Crippen LogP contribution in [0.25, 0.3) is 0 Å². The summed E-state index contributed by atoms with van der Waals surface area (Å²) in [6.45, 7) is 5.38. The number of hydrogen-bond acceptors (Lipinski definition) is 2. The van der Waals surface area contributed by atoms with Crippen molar-refractivity contribution in [1.29, 1.82) is 0 Å². The summed E-state index contributed by atoms with van der Waals surface area (Å²) >= 11 is 0. The van der Waals surface area contributed by atoms with Crippen LogP contribution in [0.1, 0.15) is 39.5 Å². The van der Waals surface area contributed by atoms with E-state index < -0.39 is 0 Å². The molecule has 1 fully saturated rings. The molecule has 1 heterocycles. The molecule has 0 amide bonds. The monoisotopic (exact) mass is 188 g/mol. The van der Waals surface area contributed by atoms with E-state index in [9.17, 15) is 10.3 Å². The molecular weight excluding hydrogens is 166 g/mol. The first kappa shape index (κ1) is 11.0. The largest absolute Gasteiger partial charge is 0.387 e. The average Bonchev–Trinajstić information content (AvgIpc) is 2.46. The lowest BCUT2D eigenvalue weighted by atomic mass is 10.1. The van der Waals surface area contributed by atoms with Crippen molar-refractivity contribution in [2.24, 2.45) is 0 Å². The summed E-state index contributed by atoms with van der Waals surface area (Å²) < 4.78 is 0.103. The number of rotatable bonds is 4. The smallest absolute Gasteiger partial charge is 0.135 e. The van der Waals surface area contributed by atoms with E-state index in [1.54, 1.807) is 0 Å². The quantitative estimate of drug-likeness (QED) is 0.657. The Hall–Kier alpha value is -0.120. The Morgan fingerprint density at radius 2 is 2.15 bits per heavy atom. The topological polar surface area (TPSA) is 40.5 Å². The predicted molar refractivity (Wildman–Crippen MR) is 51.4 cm³/mol. The molecule has 0 bridgehead atoms. The Labute approximate surface area is 80.5 Å². The van der Waals surface area contributed by atoms with E-state index in [4.69, 9.17) is 0 Å². The lowest BCUT2D eigenvalue weighted by molar-refractivity contribution is -1.11. The van der Waals surface area contributed by atoms with E-state index in [1.165, 1.54) is 0 Å². The third-order valence-corrected chi connectivity index (χ3v) is 3.23. The molecule has 0 aromatic heterocycles. The molecule has 2 N–H and O–H groups in total. The van der Waals surface area contributed by atoms with Crippen LogP contribution >= 0.6 is 0 Å². The van der Waals surface area contributed by atoms with Gasteiger partial charge in [-0.1, -0.05) is 13.8 Å². The fraction of sp³-hybridized carbons (Fsp3) is 1.00. The molecule has 3 nitrogen and oxygen atoms in total. The van der Waals surface area contributed by atoms with Crippen LogP contribution < -0.4 is 0 Å². The van der Waals surface area contributed by atoms with Crippen LogP contribution in [-0.4, -0.2) is 40.2 Å². The molecule has 0 spiro atoms. The first-order valence-corrected chi connectivity index (χ1v) is 5.40. The van der Waals surface area contributed by atoms with Crippen LogP contribution in [-0.2, 0) is 0 Å². The fourth-order valence-corrected chi connectivity index (χ4v) is 2.30. The number of likely N-dealkylation sites (tertiary alicyclic amines) is 1. The molecule has 1 saturated heterocycles. The van der Waals surface area contributed by atoms with Gasteiger partial charge in [0.1, 0.15) is 25.2 Å². The van der Waals surface area contributed by atoms with E-state index >= 15 is 0 Å². The highest BCUT2D eigenvalue weighted by atomic mass is 16.6. The van der Waals surface area contributed by atoms with Crippen molar-refractivity contribution in [3.63, 3.8) is 0 Å². The molecule has 3 atom stereocenters. The van der Waals surface area contributed by atoms with Gasteiger partial charge in [-0.25, -0.2) is 5.21 Å². The third kappa shape index (κ3) is 2.42. The van der Waals surface area contributed by atoms with Gasteiger partial charge in [0, 0.05) is 12.8 Å². The normalized spacial score (nSPS) is 36.5. The molecule has 1 aliphatic heterocycles. The predicted octanol–water partition coefficient (Wildman–Crippen LogP) is 1.54. The van der Waals surface area contributed by atoms with Crippen molar-refractivity contribution in [3.05, 3.63) is 0 Å². The number of nitrogens with zero attached hydrogens (tertiary/aromatic N) is 1.